The minimum Gasteiger partial charge on any atom is -0.461 e. The Bertz CT molecular complexity index is 1010. The molecule has 0 aliphatic carbocycles. The molecule has 1 unspecified atom stereocenters. The first-order chi connectivity index (χ1) is 17.0. The molecule has 0 aromatic heterocycles. The monoisotopic (exact) mass is 496 g/mol. The van der Waals surface area contributed by atoms with E-state index in [1.807, 2.05) is 38.1 Å². The molecule has 0 radical (unpaired) electrons. The van der Waals surface area contributed by atoms with Crippen LogP contribution < -0.4 is 0 Å². The van der Waals surface area contributed by atoms with E-state index in [0.29, 0.717) is 11.8 Å². The van der Waals surface area contributed by atoms with Gasteiger partial charge in [0.15, 0.2) is 5.41 Å². The molecule has 2 rings (SSSR count). The summed E-state index contributed by atoms with van der Waals surface area (Å²) in [6.45, 7) is 8.49. The summed E-state index contributed by atoms with van der Waals surface area (Å²) in [5, 5.41) is 0. The van der Waals surface area contributed by atoms with Crippen LogP contribution in [0.25, 0.3) is 0 Å². The average molecular weight is 497 g/mol. The molecular weight excluding hydrogens is 460 g/mol. The van der Waals surface area contributed by atoms with Crippen molar-refractivity contribution in [2.45, 2.75) is 66.3 Å². The summed E-state index contributed by atoms with van der Waals surface area (Å²) < 4.78 is 16.7. The van der Waals surface area contributed by atoms with Crippen molar-refractivity contribution >= 4 is 24.2 Å². The lowest BCUT2D eigenvalue weighted by Gasteiger charge is -2.36. The van der Waals surface area contributed by atoms with E-state index in [9.17, 15) is 19.2 Å². The fourth-order valence-electron chi connectivity index (χ4n) is 3.83. The lowest BCUT2D eigenvalue weighted by molar-refractivity contribution is -0.192. The minimum atomic E-state index is -2.19. The second kappa shape index (κ2) is 13.0. The second-order valence-electron chi connectivity index (χ2n) is 10.2. The number of rotatable bonds is 12. The minimum absolute atomic E-state index is 0.0428. The number of ether oxygens (including phenoxy) is 3. The number of esters is 3. The number of carbonyl (C=O) groups is 4. The smallest absolute Gasteiger partial charge is 0.325 e. The zero-order valence-electron chi connectivity index (χ0n) is 21.7. The topological polar surface area (TPSA) is 96.0 Å². The Hall–Kier alpha value is -3.48. The van der Waals surface area contributed by atoms with Gasteiger partial charge in [0.2, 0.25) is 0 Å². The van der Waals surface area contributed by atoms with Crippen LogP contribution in [0.4, 0.5) is 0 Å². The number of hydrogen-bond donors (Lipinski definition) is 0. The van der Waals surface area contributed by atoms with E-state index in [1.54, 1.807) is 57.2 Å². The molecule has 0 spiro atoms. The molecule has 0 heterocycles. The van der Waals surface area contributed by atoms with Gasteiger partial charge in [-0.05, 0) is 44.2 Å². The van der Waals surface area contributed by atoms with Crippen LogP contribution >= 0.6 is 0 Å². The summed E-state index contributed by atoms with van der Waals surface area (Å²) in [6.07, 6.45) is -0.0139. The van der Waals surface area contributed by atoms with Gasteiger partial charge < -0.3 is 19.0 Å². The Labute approximate surface area is 213 Å². The van der Waals surface area contributed by atoms with Gasteiger partial charge in [0.05, 0.1) is 5.92 Å². The van der Waals surface area contributed by atoms with Crippen LogP contribution in [-0.2, 0) is 46.6 Å². The first-order valence-electron chi connectivity index (χ1n) is 12.1. The van der Waals surface area contributed by atoms with E-state index >= 15 is 0 Å². The molecule has 0 aliphatic heterocycles. The third-order valence-corrected chi connectivity index (χ3v) is 5.56. The van der Waals surface area contributed by atoms with Gasteiger partial charge in [-0.15, -0.1) is 0 Å². The largest absolute Gasteiger partial charge is 0.461 e. The second-order valence-corrected chi connectivity index (χ2v) is 10.2. The highest BCUT2D eigenvalue weighted by molar-refractivity contribution is 6.05. The van der Waals surface area contributed by atoms with E-state index in [1.165, 1.54) is 0 Å². The van der Waals surface area contributed by atoms with Gasteiger partial charge in [-0.1, -0.05) is 74.5 Å². The molecule has 2 aromatic rings. The van der Waals surface area contributed by atoms with Gasteiger partial charge >= 0.3 is 17.9 Å². The van der Waals surface area contributed by atoms with Crippen molar-refractivity contribution in [2.24, 2.45) is 17.3 Å². The van der Waals surface area contributed by atoms with Crippen molar-refractivity contribution in [1.29, 1.82) is 0 Å². The summed E-state index contributed by atoms with van der Waals surface area (Å²) >= 11 is 0. The third-order valence-electron chi connectivity index (χ3n) is 5.56. The zero-order chi connectivity index (χ0) is 26.8. The van der Waals surface area contributed by atoms with Crippen molar-refractivity contribution in [2.75, 3.05) is 0 Å². The fraction of sp³-hybridized carbons (Fsp3) is 0.448. The Balaban J connectivity index is 2.49. The lowest BCUT2D eigenvalue weighted by Crippen LogP contribution is -2.53. The fourth-order valence-corrected chi connectivity index (χ4v) is 3.83. The molecule has 0 amide bonds. The van der Waals surface area contributed by atoms with Crippen LogP contribution in [0.5, 0.6) is 0 Å². The van der Waals surface area contributed by atoms with E-state index in [2.05, 4.69) is 0 Å². The molecule has 194 valence electrons. The van der Waals surface area contributed by atoms with Crippen LogP contribution in [0.1, 0.15) is 58.6 Å². The number of carbonyl (C=O) groups excluding carboxylic acids is 4. The maximum atomic E-state index is 13.7. The predicted octanol–water partition coefficient (Wildman–Crippen LogP) is 5.05. The van der Waals surface area contributed by atoms with E-state index in [-0.39, 0.29) is 25.6 Å². The van der Waals surface area contributed by atoms with Crippen LogP contribution in [0.15, 0.2) is 60.7 Å². The van der Waals surface area contributed by atoms with Crippen LogP contribution in [-0.4, -0.2) is 29.8 Å². The predicted molar refractivity (Wildman–Crippen MR) is 134 cm³/mol. The molecule has 0 saturated carbocycles. The van der Waals surface area contributed by atoms with Gasteiger partial charge in [-0.2, -0.15) is 0 Å². The SMILES string of the molecule is CC(C)C[C@@H](C(=O)OCc1ccccc1)C(CC=O)(C(=O)OCc1ccccc1)C(=O)OC(C)(C)C. The Morgan fingerprint density at radius 3 is 1.75 bits per heavy atom. The zero-order valence-corrected chi connectivity index (χ0v) is 21.7. The van der Waals surface area contributed by atoms with Crippen molar-refractivity contribution in [3.8, 4) is 0 Å². The molecular formula is C29H36O7. The number of aldehydes is 1. The average Bonchev–Trinajstić information content (AvgIpc) is 2.83. The Morgan fingerprint density at radius 1 is 0.806 bits per heavy atom. The van der Waals surface area contributed by atoms with Crippen molar-refractivity contribution < 1.29 is 33.4 Å². The first-order valence-corrected chi connectivity index (χ1v) is 12.1. The summed E-state index contributed by atoms with van der Waals surface area (Å²) in [5.74, 6) is -4.13. The molecule has 0 bridgehead atoms. The van der Waals surface area contributed by atoms with E-state index < -0.39 is 41.3 Å². The molecule has 0 saturated heterocycles. The lowest BCUT2D eigenvalue weighted by atomic mass is 9.69. The molecule has 0 fully saturated rings. The number of benzene rings is 2. The summed E-state index contributed by atoms with van der Waals surface area (Å²) in [4.78, 5) is 52.7. The summed E-state index contributed by atoms with van der Waals surface area (Å²) in [7, 11) is 0. The number of hydrogen-bond acceptors (Lipinski definition) is 7. The highest BCUT2D eigenvalue weighted by Crippen LogP contribution is 2.41. The highest BCUT2D eigenvalue weighted by Gasteiger charge is 2.59. The molecule has 0 N–H and O–H groups in total. The molecule has 2 aromatic carbocycles. The van der Waals surface area contributed by atoms with Crippen molar-refractivity contribution in [1.82, 2.24) is 0 Å². The standard InChI is InChI=1S/C29H36O7/c1-21(2)18-24(25(31)34-19-22-12-8-6-9-13-22)29(16-17-30,27(33)36-28(3,4)5)26(32)35-20-23-14-10-7-11-15-23/h6-15,17,21,24H,16,18-20H2,1-5H3/t24-,29?/m0/s1. The molecule has 36 heavy (non-hydrogen) atoms. The van der Waals surface area contributed by atoms with Crippen LogP contribution in [0.3, 0.4) is 0 Å². The third kappa shape index (κ3) is 8.04. The van der Waals surface area contributed by atoms with Gasteiger partial charge in [-0.25, -0.2) is 0 Å². The highest BCUT2D eigenvalue weighted by atomic mass is 16.6. The summed E-state index contributed by atoms with van der Waals surface area (Å²) in [6, 6.07) is 18.0. The maximum absolute atomic E-state index is 13.7. The van der Waals surface area contributed by atoms with Crippen LogP contribution in [0, 0.1) is 17.3 Å². The van der Waals surface area contributed by atoms with Gasteiger partial charge in [-0.3, -0.25) is 14.4 Å². The molecule has 7 heteroatoms. The van der Waals surface area contributed by atoms with Gasteiger partial charge in [0, 0.05) is 6.42 Å². The normalized spacial score (nSPS) is 13.8. The molecule has 2 atom stereocenters. The van der Waals surface area contributed by atoms with Gasteiger partial charge in [0.25, 0.3) is 0 Å². The maximum Gasteiger partial charge on any atom is 0.325 e. The Morgan fingerprint density at radius 2 is 1.31 bits per heavy atom. The summed E-state index contributed by atoms with van der Waals surface area (Å²) in [5.41, 5.74) is -1.72. The van der Waals surface area contributed by atoms with E-state index in [0.717, 1.165) is 5.56 Å². The first kappa shape index (κ1) is 28.8. The molecule has 7 nitrogen and oxygen atoms in total. The van der Waals surface area contributed by atoms with Crippen molar-refractivity contribution in [3.05, 3.63) is 71.8 Å². The van der Waals surface area contributed by atoms with Gasteiger partial charge in [0.1, 0.15) is 25.1 Å². The van der Waals surface area contributed by atoms with Crippen LogP contribution in [0.2, 0.25) is 0 Å². The Kier molecular flexibility index (Phi) is 10.4. The van der Waals surface area contributed by atoms with E-state index in [4.69, 9.17) is 14.2 Å². The molecule has 0 aliphatic rings. The van der Waals surface area contributed by atoms with Crippen molar-refractivity contribution in [3.63, 3.8) is 0 Å². The quantitative estimate of drug-likeness (QED) is 0.176.